The summed E-state index contributed by atoms with van der Waals surface area (Å²) in [6.07, 6.45) is 1.05. The molecular weight excluding hydrogens is 176 g/mol. The summed E-state index contributed by atoms with van der Waals surface area (Å²) in [4.78, 5) is 0. The van der Waals surface area contributed by atoms with Crippen LogP contribution in [0.3, 0.4) is 0 Å². The van der Waals surface area contributed by atoms with E-state index >= 15 is 0 Å². The normalized spacial score (nSPS) is 15.1. The molecule has 4 nitrogen and oxygen atoms in total. The smallest absolute Gasteiger partial charge is 0.322 e. The molecular formula is C4H10O4S2. The molecule has 0 bridgehead atoms. The summed E-state index contributed by atoms with van der Waals surface area (Å²) >= 11 is 0. The molecule has 0 heterocycles. The van der Waals surface area contributed by atoms with Crippen LogP contribution in [-0.2, 0) is 9.15 Å². The van der Waals surface area contributed by atoms with Crippen LogP contribution >= 0.6 is 10.8 Å². The molecule has 1 unspecified atom stereocenters. The van der Waals surface area contributed by atoms with Crippen LogP contribution in [0.5, 0.6) is 0 Å². The Hall–Kier alpha value is 0.220. The molecule has 0 saturated heterocycles. The predicted molar refractivity (Wildman–Crippen MR) is 40.1 cm³/mol. The molecule has 62 valence electrons. The van der Waals surface area contributed by atoms with Crippen LogP contribution in [0.2, 0.25) is 0 Å². The maximum atomic E-state index is 10.1. The van der Waals surface area contributed by atoms with Crippen LogP contribution in [0.15, 0.2) is 0 Å². The lowest BCUT2D eigenvalue weighted by Gasteiger charge is -2.03. The number of hydrogen-bond donors (Lipinski definition) is 2. The average molecular weight is 186 g/mol. The zero-order valence-electron chi connectivity index (χ0n) is 5.52. The van der Waals surface area contributed by atoms with Crippen LogP contribution in [0, 0.1) is 0 Å². The predicted octanol–water partition coefficient (Wildman–Crippen LogP) is 0.641. The van der Waals surface area contributed by atoms with Crippen LogP contribution < -0.4 is 0 Å². The molecule has 0 amide bonds. The van der Waals surface area contributed by atoms with Crippen molar-refractivity contribution in [2.75, 3.05) is 0 Å². The van der Waals surface area contributed by atoms with Crippen molar-refractivity contribution < 1.29 is 18.1 Å². The number of rotatable bonds is 4. The SMILES string of the molecule is CCCC(O)SS(=O)(=O)O. The lowest BCUT2D eigenvalue weighted by molar-refractivity contribution is 0.252. The molecule has 0 aliphatic heterocycles. The van der Waals surface area contributed by atoms with Crippen molar-refractivity contribution in [2.24, 2.45) is 0 Å². The maximum absolute atomic E-state index is 10.1. The van der Waals surface area contributed by atoms with E-state index in [4.69, 9.17) is 9.66 Å². The Kier molecular flexibility index (Phi) is 4.26. The number of hydrogen-bond acceptors (Lipinski definition) is 4. The molecule has 0 radical (unpaired) electrons. The molecule has 0 fully saturated rings. The van der Waals surface area contributed by atoms with Crippen molar-refractivity contribution in [1.29, 1.82) is 0 Å². The van der Waals surface area contributed by atoms with E-state index in [-0.39, 0.29) is 10.8 Å². The van der Waals surface area contributed by atoms with E-state index in [0.29, 0.717) is 12.8 Å². The van der Waals surface area contributed by atoms with Gasteiger partial charge in [0.25, 0.3) is 0 Å². The molecule has 1 atom stereocenters. The highest BCUT2D eigenvalue weighted by molar-refractivity contribution is 8.70. The Morgan fingerprint density at radius 3 is 2.40 bits per heavy atom. The fraction of sp³-hybridized carbons (Fsp3) is 1.00. The van der Waals surface area contributed by atoms with Gasteiger partial charge in [0.1, 0.15) is 5.44 Å². The van der Waals surface area contributed by atoms with E-state index < -0.39 is 14.6 Å². The molecule has 0 spiro atoms. The molecule has 0 aromatic rings. The third kappa shape index (κ3) is 6.34. The van der Waals surface area contributed by atoms with Crippen LogP contribution in [0.4, 0.5) is 0 Å². The van der Waals surface area contributed by atoms with Gasteiger partial charge in [0.2, 0.25) is 0 Å². The van der Waals surface area contributed by atoms with Crippen LogP contribution in [0.1, 0.15) is 19.8 Å². The van der Waals surface area contributed by atoms with Gasteiger partial charge in [-0.15, -0.1) is 0 Å². The zero-order chi connectivity index (χ0) is 8.20. The Bertz CT molecular complexity index is 174. The zero-order valence-corrected chi connectivity index (χ0v) is 7.15. The van der Waals surface area contributed by atoms with Gasteiger partial charge in [-0.2, -0.15) is 8.42 Å². The topological polar surface area (TPSA) is 74.6 Å². The largest absolute Gasteiger partial charge is 0.381 e. The number of aliphatic hydroxyl groups excluding tert-OH is 1. The second kappa shape index (κ2) is 4.17. The minimum absolute atomic E-state index is 0.165. The standard InChI is InChI=1S/C4H10O4S2/c1-2-3-4(5)9-10(6,7)8/h4-5H,2-3H2,1H3,(H,6,7,8). The van der Waals surface area contributed by atoms with Crippen LogP contribution in [0.25, 0.3) is 0 Å². The molecule has 6 heteroatoms. The fourth-order valence-corrected chi connectivity index (χ4v) is 2.18. The molecule has 2 N–H and O–H groups in total. The molecule has 0 saturated carbocycles. The number of aliphatic hydroxyl groups is 1. The van der Waals surface area contributed by atoms with Crippen molar-refractivity contribution in [2.45, 2.75) is 25.2 Å². The Labute approximate surface area is 63.8 Å². The third-order valence-electron chi connectivity index (χ3n) is 0.768. The fourth-order valence-electron chi connectivity index (χ4n) is 0.435. The van der Waals surface area contributed by atoms with E-state index in [9.17, 15) is 8.42 Å². The lowest BCUT2D eigenvalue weighted by Crippen LogP contribution is -2.04. The molecule has 0 aliphatic carbocycles. The first-order valence-electron chi connectivity index (χ1n) is 2.79. The van der Waals surface area contributed by atoms with E-state index in [1.807, 2.05) is 6.92 Å². The Morgan fingerprint density at radius 2 is 2.10 bits per heavy atom. The first-order valence-corrected chi connectivity index (χ1v) is 5.63. The van der Waals surface area contributed by atoms with Crippen LogP contribution in [-0.4, -0.2) is 23.5 Å². The van der Waals surface area contributed by atoms with Gasteiger partial charge in [-0.1, -0.05) is 13.3 Å². The summed E-state index contributed by atoms with van der Waals surface area (Å²) in [6.45, 7) is 1.81. The van der Waals surface area contributed by atoms with E-state index in [1.54, 1.807) is 0 Å². The van der Waals surface area contributed by atoms with Gasteiger partial charge < -0.3 is 5.11 Å². The summed E-state index contributed by atoms with van der Waals surface area (Å²) in [5, 5.41) is 8.81. The second-order valence-electron chi connectivity index (χ2n) is 1.77. The van der Waals surface area contributed by atoms with E-state index in [1.165, 1.54) is 0 Å². The summed E-state index contributed by atoms with van der Waals surface area (Å²) in [6, 6.07) is 0. The van der Waals surface area contributed by atoms with Crippen molar-refractivity contribution in [1.82, 2.24) is 0 Å². The Morgan fingerprint density at radius 1 is 1.60 bits per heavy atom. The molecule has 0 aromatic heterocycles. The summed E-state index contributed by atoms with van der Waals surface area (Å²) < 4.78 is 28.3. The third-order valence-corrected chi connectivity index (χ3v) is 2.87. The minimum Gasteiger partial charge on any atom is -0.381 e. The molecule has 0 rings (SSSR count). The summed E-state index contributed by atoms with van der Waals surface area (Å²) in [5.41, 5.74) is -1.01. The quantitative estimate of drug-likeness (QED) is 0.383. The highest BCUT2D eigenvalue weighted by atomic mass is 33.1. The van der Waals surface area contributed by atoms with Gasteiger partial charge in [-0.3, -0.25) is 4.55 Å². The molecule has 10 heavy (non-hydrogen) atoms. The van der Waals surface area contributed by atoms with Gasteiger partial charge in [-0.05, 0) is 6.42 Å². The van der Waals surface area contributed by atoms with Crippen molar-refractivity contribution >= 4 is 19.9 Å². The summed E-state index contributed by atoms with van der Waals surface area (Å²) in [7, 11) is -3.91. The Balaban J connectivity index is 3.69. The maximum Gasteiger partial charge on any atom is 0.322 e. The van der Waals surface area contributed by atoms with Gasteiger partial charge in [0.05, 0.1) is 0 Å². The minimum atomic E-state index is -4.08. The van der Waals surface area contributed by atoms with E-state index in [0.717, 1.165) is 0 Å². The second-order valence-corrected chi connectivity index (χ2v) is 5.20. The highest BCUT2D eigenvalue weighted by Gasteiger charge is 2.13. The average Bonchev–Trinajstić information content (AvgIpc) is 1.59. The molecule has 0 aliphatic rings. The van der Waals surface area contributed by atoms with Gasteiger partial charge >= 0.3 is 9.15 Å². The highest BCUT2D eigenvalue weighted by Crippen LogP contribution is 2.18. The lowest BCUT2D eigenvalue weighted by atomic mass is 10.4. The molecule has 0 aromatic carbocycles. The first kappa shape index (κ1) is 10.2. The van der Waals surface area contributed by atoms with Gasteiger partial charge in [0.15, 0.2) is 0 Å². The van der Waals surface area contributed by atoms with E-state index in [2.05, 4.69) is 0 Å². The first-order chi connectivity index (χ1) is 4.45. The summed E-state index contributed by atoms with van der Waals surface area (Å²) in [5.74, 6) is 0. The monoisotopic (exact) mass is 186 g/mol. The van der Waals surface area contributed by atoms with Crippen molar-refractivity contribution in [3.8, 4) is 0 Å². The van der Waals surface area contributed by atoms with Gasteiger partial charge in [-0.25, -0.2) is 0 Å². The van der Waals surface area contributed by atoms with Crippen molar-refractivity contribution in [3.05, 3.63) is 0 Å². The van der Waals surface area contributed by atoms with Crippen molar-refractivity contribution in [3.63, 3.8) is 0 Å². The van der Waals surface area contributed by atoms with Gasteiger partial charge in [0, 0.05) is 10.8 Å².